The normalized spacial score (nSPS) is 20.9. The molecular weight excluding hydrogens is 228 g/mol. The summed E-state index contributed by atoms with van der Waals surface area (Å²) in [6.45, 7) is 3.28. The van der Waals surface area contributed by atoms with Crippen molar-refractivity contribution in [1.82, 2.24) is 4.90 Å². The van der Waals surface area contributed by atoms with Crippen molar-refractivity contribution < 1.29 is 9.47 Å². The third kappa shape index (κ3) is 2.18. The predicted molar refractivity (Wildman–Crippen MR) is 69.8 cm³/mol. The number of hydrogen-bond acceptors (Lipinski definition) is 4. The fourth-order valence-corrected chi connectivity index (χ4v) is 2.85. The maximum absolute atomic E-state index is 5.97. The molecule has 2 aliphatic rings. The van der Waals surface area contributed by atoms with Crippen LogP contribution in [0.3, 0.4) is 0 Å². The van der Waals surface area contributed by atoms with Crippen molar-refractivity contribution in [3.63, 3.8) is 0 Å². The number of ether oxygens (including phenoxy) is 2. The number of rotatable bonds is 3. The SMILES string of the molecule is NCC(c1ccc2c(c1)OCO2)N1CCCCC1. The van der Waals surface area contributed by atoms with Crippen LogP contribution in [-0.4, -0.2) is 31.3 Å². The van der Waals surface area contributed by atoms with Crippen LogP contribution in [-0.2, 0) is 0 Å². The average molecular weight is 248 g/mol. The molecule has 1 fully saturated rings. The van der Waals surface area contributed by atoms with Gasteiger partial charge in [-0.2, -0.15) is 0 Å². The lowest BCUT2D eigenvalue weighted by atomic mass is 10.0. The molecule has 1 aromatic carbocycles. The molecule has 1 atom stereocenters. The van der Waals surface area contributed by atoms with Gasteiger partial charge in [-0.05, 0) is 43.6 Å². The van der Waals surface area contributed by atoms with Crippen LogP contribution in [0.15, 0.2) is 18.2 Å². The molecule has 4 nitrogen and oxygen atoms in total. The van der Waals surface area contributed by atoms with Gasteiger partial charge in [0, 0.05) is 12.6 Å². The Balaban J connectivity index is 1.82. The lowest BCUT2D eigenvalue weighted by molar-refractivity contribution is 0.166. The van der Waals surface area contributed by atoms with Crippen LogP contribution >= 0.6 is 0 Å². The number of benzene rings is 1. The first-order valence-corrected chi connectivity index (χ1v) is 6.72. The molecule has 2 heterocycles. The average Bonchev–Trinajstić information content (AvgIpc) is 2.88. The molecule has 0 amide bonds. The third-order valence-electron chi connectivity index (χ3n) is 3.84. The molecule has 0 aliphatic carbocycles. The number of fused-ring (bicyclic) bond motifs is 1. The van der Waals surface area contributed by atoms with Gasteiger partial charge in [0.15, 0.2) is 11.5 Å². The minimum Gasteiger partial charge on any atom is -0.454 e. The molecule has 0 saturated carbocycles. The minimum atomic E-state index is 0.305. The monoisotopic (exact) mass is 248 g/mol. The van der Waals surface area contributed by atoms with E-state index in [-0.39, 0.29) is 0 Å². The highest BCUT2D eigenvalue weighted by atomic mass is 16.7. The van der Waals surface area contributed by atoms with Crippen LogP contribution in [0.1, 0.15) is 30.9 Å². The maximum atomic E-state index is 5.97. The van der Waals surface area contributed by atoms with Crippen molar-refractivity contribution in [3.05, 3.63) is 23.8 Å². The maximum Gasteiger partial charge on any atom is 0.231 e. The van der Waals surface area contributed by atoms with Crippen LogP contribution in [0.2, 0.25) is 0 Å². The number of hydrogen-bond donors (Lipinski definition) is 1. The second-order valence-electron chi connectivity index (χ2n) is 4.96. The van der Waals surface area contributed by atoms with Crippen LogP contribution in [0.5, 0.6) is 11.5 Å². The van der Waals surface area contributed by atoms with Crippen molar-refractivity contribution in [2.45, 2.75) is 25.3 Å². The van der Waals surface area contributed by atoms with Gasteiger partial charge in [0.25, 0.3) is 0 Å². The second-order valence-corrected chi connectivity index (χ2v) is 4.96. The molecule has 1 aromatic rings. The highest BCUT2D eigenvalue weighted by Gasteiger charge is 2.23. The van der Waals surface area contributed by atoms with E-state index in [0.717, 1.165) is 24.6 Å². The molecule has 0 aromatic heterocycles. The predicted octanol–water partition coefficient (Wildman–Crippen LogP) is 1.90. The van der Waals surface area contributed by atoms with E-state index < -0.39 is 0 Å². The van der Waals surface area contributed by atoms with Gasteiger partial charge in [-0.15, -0.1) is 0 Å². The zero-order valence-corrected chi connectivity index (χ0v) is 10.6. The lowest BCUT2D eigenvalue weighted by Crippen LogP contribution is -2.37. The van der Waals surface area contributed by atoms with E-state index in [9.17, 15) is 0 Å². The largest absolute Gasteiger partial charge is 0.454 e. The van der Waals surface area contributed by atoms with E-state index in [0.29, 0.717) is 19.4 Å². The quantitative estimate of drug-likeness (QED) is 0.887. The van der Waals surface area contributed by atoms with Gasteiger partial charge in [-0.3, -0.25) is 4.90 Å². The van der Waals surface area contributed by atoms with Crippen LogP contribution in [0.4, 0.5) is 0 Å². The molecule has 0 radical (unpaired) electrons. The van der Waals surface area contributed by atoms with Crippen LogP contribution < -0.4 is 15.2 Å². The van der Waals surface area contributed by atoms with E-state index in [1.807, 2.05) is 6.07 Å². The van der Waals surface area contributed by atoms with Gasteiger partial charge in [0.05, 0.1) is 0 Å². The van der Waals surface area contributed by atoms with Crippen LogP contribution in [0.25, 0.3) is 0 Å². The summed E-state index contributed by atoms with van der Waals surface area (Å²) in [4.78, 5) is 2.49. The van der Waals surface area contributed by atoms with Crippen molar-refractivity contribution >= 4 is 0 Å². The van der Waals surface area contributed by atoms with E-state index in [2.05, 4.69) is 17.0 Å². The van der Waals surface area contributed by atoms with E-state index in [1.165, 1.54) is 24.8 Å². The second kappa shape index (κ2) is 5.16. The first-order chi connectivity index (χ1) is 8.88. The fourth-order valence-electron chi connectivity index (χ4n) is 2.85. The third-order valence-corrected chi connectivity index (χ3v) is 3.84. The number of likely N-dealkylation sites (tertiary alicyclic amines) is 1. The van der Waals surface area contributed by atoms with Crippen LogP contribution in [0, 0.1) is 0 Å². The molecule has 3 rings (SSSR count). The first-order valence-electron chi connectivity index (χ1n) is 6.72. The van der Waals surface area contributed by atoms with Gasteiger partial charge in [0.2, 0.25) is 6.79 Å². The molecule has 4 heteroatoms. The van der Waals surface area contributed by atoms with Gasteiger partial charge < -0.3 is 15.2 Å². The van der Waals surface area contributed by atoms with Gasteiger partial charge in [-0.1, -0.05) is 12.5 Å². The van der Waals surface area contributed by atoms with Crippen molar-refractivity contribution in [3.8, 4) is 11.5 Å². The molecule has 1 saturated heterocycles. The summed E-state index contributed by atoms with van der Waals surface area (Å²) in [5.74, 6) is 1.69. The zero-order chi connectivity index (χ0) is 12.4. The molecule has 18 heavy (non-hydrogen) atoms. The van der Waals surface area contributed by atoms with E-state index in [1.54, 1.807) is 0 Å². The highest BCUT2D eigenvalue weighted by molar-refractivity contribution is 5.45. The fraction of sp³-hybridized carbons (Fsp3) is 0.571. The number of piperidine rings is 1. The summed E-state index contributed by atoms with van der Waals surface area (Å²) in [7, 11) is 0. The first kappa shape index (κ1) is 11.8. The Morgan fingerprint density at radius 3 is 2.67 bits per heavy atom. The number of nitrogens with zero attached hydrogens (tertiary/aromatic N) is 1. The van der Waals surface area contributed by atoms with Crippen molar-refractivity contribution in [1.29, 1.82) is 0 Å². The molecule has 0 bridgehead atoms. The molecular formula is C14H20N2O2. The highest BCUT2D eigenvalue weighted by Crippen LogP contribution is 2.35. The summed E-state index contributed by atoms with van der Waals surface area (Å²) in [5.41, 5.74) is 7.21. The van der Waals surface area contributed by atoms with Gasteiger partial charge in [-0.25, -0.2) is 0 Å². The Hall–Kier alpha value is -1.26. The smallest absolute Gasteiger partial charge is 0.231 e. The zero-order valence-electron chi connectivity index (χ0n) is 10.6. The molecule has 98 valence electrons. The summed E-state index contributed by atoms with van der Waals surface area (Å²) in [6.07, 6.45) is 3.90. The molecule has 2 N–H and O–H groups in total. The summed E-state index contributed by atoms with van der Waals surface area (Å²) < 4.78 is 10.8. The summed E-state index contributed by atoms with van der Waals surface area (Å²) >= 11 is 0. The Bertz CT molecular complexity index is 416. The van der Waals surface area contributed by atoms with Gasteiger partial charge in [0.1, 0.15) is 0 Å². The molecule has 2 aliphatic heterocycles. The minimum absolute atomic E-state index is 0.305. The van der Waals surface area contributed by atoms with Gasteiger partial charge >= 0.3 is 0 Å². The Labute approximate surface area is 108 Å². The Morgan fingerprint density at radius 1 is 1.11 bits per heavy atom. The Kier molecular flexibility index (Phi) is 3.39. The van der Waals surface area contributed by atoms with Crippen molar-refractivity contribution in [2.75, 3.05) is 26.4 Å². The number of nitrogens with two attached hydrogens (primary N) is 1. The standard InChI is InChI=1S/C14H20N2O2/c15-9-12(16-6-2-1-3-7-16)11-4-5-13-14(8-11)18-10-17-13/h4-5,8,12H,1-3,6-7,9-10,15H2. The topological polar surface area (TPSA) is 47.7 Å². The molecule has 1 unspecified atom stereocenters. The summed E-state index contributed by atoms with van der Waals surface area (Å²) in [5, 5.41) is 0. The van der Waals surface area contributed by atoms with Crippen molar-refractivity contribution in [2.24, 2.45) is 5.73 Å². The Morgan fingerprint density at radius 2 is 1.89 bits per heavy atom. The van der Waals surface area contributed by atoms with E-state index in [4.69, 9.17) is 15.2 Å². The van der Waals surface area contributed by atoms with E-state index >= 15 is 0 Å². The lowest BCUT2D eigenvalue weighted by Gasteiger charge is -2.34. The summed E-state index contributed by atoms with van der Waals surface area (Å²) in [6, 6.07) is 6.48. The molecule has 0 spiro atoms.